The first kappa shape index (κ1) is 16.2. The van der Waals surface area contributed by atoms with Gasteiger partial charge in [-0.25, -0.2) is 9.67 Å². The average molecular weight is 368 g/mol. The van der Waals surface area contributed by atoms with E-state index in [0.717, 1.165) is 30.5 Å². The second kappa shape index (κ2) is 5.51. The fraction of sp³-hybridized carbons (Fsp3) is 0.500. The second-order valence-corrected chi connectivity index (χ2v) is 7.69. The number of piperidine rings is 1. The molecule has 2 aliphatic carbocycles. The number of rotatable bonds is 3. The van der Waals surface area contributed by atoms with Crippen molar-refractivity contribution < 1.29 is 9.59 Å². The number of carbonyl (C=O) groups excluding carboxylic acids is 2. The third-order valence-electron chi connectivity index (χ3n) is 6.18. The van der Waals surface area contributed by atoms with Crippen LogP contribution in [0.15, 0.2) is 11.0 Å². The van der Waals surface area contributed by atoms with E-state index in [-0.39, 0.29) is 35.1 Å². The van der Waals surface area contributed by atoms with Gasteiger partial charge in [0, 0.05) is 24.6 Å². The molecule has 3 aliphatic rings. The van der Waals surface area contributed by atoms with Crippen LogP contribution in [-0.2, 0) is 17.6 Å². The predicted octanol–water partition coefficient (Wildman–Crippen LogP) is -0.444. The normalized spacial score (nSPS) is 25.4. The number of fused-ring (bicyclic) bond motifs is 2. The first-order valence-electron chi connectivity index (χ1n) is 9.21. The van der Waals surface area contributed by atoms with Gasteiger partial charge in [0.05, 0.1) is 23.1 Å². The van der Waals surface area contributed by atoms with E-state index < -0.39 is 0 Å². The largest absolute Gasteiger partial charge is 0.369 e. The van der Waals surface area contributed by atoms with E-state index in [0.29, 0.717) is 30.3 Å². The molecule has 0 spiro atoms. The standard InChI is InChI=1S/C18H20N6O3/c1-8-10(17(27)23-6-11-12(7-23)14(11)15(19)25)5-20-24(8)18-21-13-4-2-3-9(13)16(26)22-18/h5,11-12,14H,2-4,6-7H2,1H3,(H2,19,25)(H,21,22,26)/t11-,12+,14?. The molecular formula is C18H20N6O3. The van der Waals surface area contributed by atoms with Crippen molar-refractivity contribution in [2.24, 2.45) is 23.5 Å². The van der Waals surface area contributed by atoms with E-state index in [4.69, 9.17) is 5.73 Å². The number of hydrogen-bond donors (Lipinski definition) is 2. The van der Waals surface area contributed by atoms with Gasteiger partial charge in [-0.1, -0.05) is 0 Å². The number of carbonyl (C=O) groups is 2. The molecule has 9 heteroatoms. The average Bonchev–Trinajstić information content (AvgIpc) is 3.06. The molecule has 2 fully saturated rings. The van der Waals surface area contributed by atoms with Gasteiger partial charge in [-0.2, -0.15) is 5.10 Å². The summed E-state index contributed by atoms with van der Waals surface area (Å²) in [5, 5.41) is 4.28. The number of primary amides is 1. The van der Waals surface area contributed by atoms with Gasteiger partial charge in [0.1, 0.15) is 0 Å². The zero-order valence-electron chi connectivity index (χ0n) is 14.9. The van der Waals surface area contributed by atoms with Gasteiger partial charge in [-0.15, -0.1) is 0 Å². The van der Waals surface area contributed by atoms with Crippen molar-refractivity contribution in [3.63, 3.8) is 0 Å². The van der Waals surface area contributed by atoms with Crippen LogP contribution in [0, 0.1) is 24.7 Å². The van der Waals surface area contributed by atoms with Crippen LogP contribution in [0.1, 0.15) is 33.7 Å². The molecule has 1 aliphatic heterocycles. The van der Waals surface area contributed by atoms with E-state index in [2.05, 4.69) is 15.1 Å². The molecule has 2 aromatic heterocycles. The lowest BCUT2D eigenvalue weighted by Crippen LogP contribution is -2.33. The van der Waals surface area contributed by atoms with Gasteiger partial charge in [-0.3, -0.25) is 19.4 Å². The molecular weight excluding hydrogens is 348 g/mol. The van der Waals surface area contributed by atoms with Crippen LogP contribution < -0.4 is 11.3 Å². The Labute approximate surface area is 154 Å². The fourth-order valence-electron chi connectivity index (χ4n) is 4.65. The second-order valence-electron chi connectivity index (χ2n) is 7.69. The summed E-state index contributed by atoms with van der Waals surface area (Å²) in [6.45, 7) is 2.89. The minimum atomic E-state index is -0.271. The number of hydrogen-bond acceptors (Lipinski definition) is 5. The van der Waals surface area contributed by atoms with Gasteiger partial charge in [-0.05, 0) is 38.0 Å². The lowest BCUT2D eigenvalue weighted by atomic mass is 10.2. The third-order valence-corrected chi connectivity index (χ3v) is 6.18. The number of nitrogens with zero attached hydrogens (tertiary/aromatic N) is 4. The van der Waals surface area contributed by atoms with Crippen molar-refractivity contribution in [1.82, 2.24) is 24.6 Å². The molecule has 5 rings (SSSR count). The molecule has 1 saturated heterocycles. The number of aryl methyl sites for hydroxylation is 1. The maximum absolute atomic E-state index is 12.9. The van der Waals surface area contributed by atoms with Crippen LogP contribution >= 0.6 is 0 Å². The molecule has 2 aromatic rings. The van der Waals surface area contributed by atoms with Gasteiger partial charge in [0.15, 0.2) is 0 Å². The number of nitrogens with one attached hydrogen (secondary N) is 1. The molecule has 1 saturated carbocycles. The van der Waals surface area contributed by atoms with Crippen molar-refractivity contribution >= 4 is 11.8 Å². The van der Waals surface area contributed by atoms with E-state index in [1.165, 1.54) is 10.9 Å². The molecule has 0 aromatic carbocycles. The summed E-state index contributed by atoms with van der Waals surface area (Å²) in [5.41, 5.74) is 7.92. The molecule has 3 atom stereocenters. The Morgan fingerprint density at radius 3 is 2.70 bits per heavy atom. The first-order valence-corrected chi connectivity index (χ1v) is 9.21. The van der Waals surface area contributed by atoms with Crippen LogP contribution in [0.25, 0.3) is 5.95 Å². The van der Waals surface area contributed by atoms with Gasteiger partial charge < -0.3 is 10.6 Å². The molecule has 27 heavy (non-hydrogen) atoms. The Morgan fingerprint density at radius 1 is 1.26 bits per heavy atom. The molecule has 0 bridgehead atoms. The van der Waals surface area contributed by atoms with Gasteiger partial charge in [0.2, 0.25) is 11.9 Å². The molecule has 2 amide bonds. The maximum atomic E-state index is 12.9. The third kappa shape index (κ3) is 2.34. The summed E-state index contributed by atoms with van der Waals surface area (Å²) in [7, 11) is 0. The van der Waals surface area contributed by atoms with Crippen LogP contribution in [0.5, 0.6) is 0 Å². The van der Waals surface area contributed by atoms with Crippen LogP contribution in [0.2, 0.25) is 0 Å². The van der Waals surface area contributed by atoms with Crippen LogP contribution in [0.4, 0.5) is 0 Å². The summed E-state index contributed by atoms with van der Waals surface area (Å²) < 4.78 is 1.51. The van der Waals surface area contributed by atoms with Crippen LogP contribution in [-0.4, -0.2) is 49.6 Å². The lowest BCUT2D eigenvalue weighted by Gasteiger charge is -2.19. The Hall–Kier alpha value is -2.97. The topological polar surface area (TPSA) is 127 Å². The molecule has 1 unspecified atom stereocenters. The van der Waals surface area contributed by atoms with Crippen molar-refractivity contribution in [3.05, 3.63) is 39.1 Å². The Bertz CT molecular complexity index is 1030. The Balaban J connectivity index is 1.40. The van der Waals surface area contributed by atoms with Crippen LogP contribution in [0.3, 0.4) is 0 Å². The quantitative estimate of drug-likeness (QED) is 0.759. The van der Waals surface area contributed by atoms with Crippen molar-refractivity contribution in [2.45, 2.75) is 26.2 Å². The van der Waals surface area contributed by atoms with E-state index >= 15 is 0 Å². The number of amides is 2. The van der Waals surface area contributed by atoms with Gasteiger partial charge >= 0.3 is 0 Å². The SMILES string of the molecule is Cc1c(C(=O)N2C[C@@H]3C(C(N)=O)[C@@H]3C2)cnn1-c1nc2c(c(=O)[nH]1)CCC2. The summed E-state index contributed by atoms with van der Waals surface area (Å²) in [5.74, 6) is 0.257. The number of aromatic nitrogens is 4. The Kier molecular flexibility index (Phi) is 3.31. The summed E-state index contributed by atoms with van der Waals surface area (Å²) >= 11 is 0. The zero-order chi connectivity index (χ0) is 18.9. The minimum absolute atomic E-state index is 0.0847. The number of H-pyrrole nitrogens is 1. The maximum Gasteiger partial charge on any atom is 0.257 e. The van der Waals surface area contributed by atoms with Gasteiger partial charge in [0.25, 0.3) is 11.5 Å². The van der Waals surface area contributed by atoms with Crippen molar-refractivity contribution in [3.8, 4) is 5.95 Å². The molecule has 3 heterocycles. The molecule has 0 radical (unpaired) electrons. The Morgan fingerprint density at radius 2 is 2.00 bits per heavy atom. The number of likely N-dealkylation sites (tertiary alicyclic amines) is 1. The highest BCUT2D eigenvalue weighted by Crippen LogP contribution is 2.51. The summed E-state index contributed by atoms with van der Waals surface area (Å²) in [6, 6.07) is 0. The van der Waals surface area contributed by atoms with Crippen molar-refractivity contribution in [1.29, 1.82) is 0 Å². The van der Waals surface area contributed by atoms with E-state index in [1.807, 2.05) is 0 Å². The number of nitrogens with two attached hydrogens (primary N) is 1. The molecule has 3 N–H and O–H groups in total. The minimum Gasteiger partial charge on any atom is -0.369 e. The molecule has 140 valence electrons. The molecule has 9 nitrogen and oxygen atoms in total. The highest BCUT2D eigenvalue weighted by atomic mass is 16.2. The zero-order valence-corrected chi connectivity index (χ0v) is 14.9. The van der Waals surface area contributed by atoms with Crippen molar-refractivity contribution in [2.75, 3.05) is 13.1 Å². The first-order chi connectivity index (χ1) is 13.0. The summed E-state index contributed by atoms with van der Waals surface area (Å²) in [6.07, 6.45) is 3.99. The summed E-state index contributed by atoms with van der Waals surface area (Å²) in [4.78, 5) is 45.5. The number of aromatic amines is 1. The lowest BCUT2D eigenvalue weighted by molar-refractivity contribution is -0.120. The highest BCUT2D eigenvalue weighted by Gasteiger charge is 2.59. The monoisotopic (exact) mass is 368 g/mol. The smallest absolute Gasteiger partial charge is 0.257 e. The fourth-order valence-corrected chi connectivity index (χ4v) is 4.65. The highest BCUT2D eigenvalue weighted by molar-refractivity contribution is 5.96. The van der Waals surface area contributed by atoms with E-state index in [1.54, 1.807) is 11.8 Å². The predicted molar refractivity (Wildman–Crippen MR) is 94.3 cm³/mol. The van der Waals surface area contributed by atoms with E-state index in [9.17, 15) is 14.4 Å².